The molecule has 0 radical (unpaired) electrons. The van der Waals surface area contributed by atoms with Gasteiger partial charge in [-0.25, -0.2) is 23.1 Å². The van der Waals surface area contributed by atoms with Gasteiger partial charge in [-0.2, -0.15) is 4.98 Å². The van der Waals surface area contributed by atoms with E-state index in [1.165, 1.54) is 18.6 Å². The second-order valence-electron chi connectivity index (χ2n) is 13.7. The van der Waals surface area contributed by atoms with Crippen molar-refractivity contribution in [2.75, 3.05) is 23.3 Å². The lowest BCUT2D eigenvalue weighted by atomic mass is 9.92. The fourth-order valence-electron chi connectivity index (χ4n) is 7.27. The van der Waals surface area contributed by atoms with Crippen molar-refractivity contribution in [2.45, 2.75) is 88.7 Å². The Morgan fingerprint density at radius 1 is 0.939 bits per heavy atom. The number of sulfonamides is 1. The molecule has 256 valence electrons. The lowest BCUT2D eigenvalue weighted by molar-refractivity contribution is 0.0541. The normalized spacial score (nSPS) is 19.5. The highest BCUT2D eigenvalue weighted by molar-refractivity contribution is 7.92. The number of hydrogen-bond acceptors (Lipinski definition) is 9. The number of rotatable bonds is 7. The van der Waals surface area contributed by atoms with E-state index in [-0.39, 0.29) is 47.4 Å². The molecule has 1 amide bonds. The first kappa shape index (κ1) is 32.9. The molecule has 1 N–H and O–H groups in total. The number of hydrogen-bond donors (Lipinski definition) is 1. The van der Waals surface area contributed by atoms with E-state index in [9.17, 15) is 13.2 Å². The topological polar surface area (TPSA) is 131 Å². The van der Waals surface area contributed by atoms with Crippen LogP contribution < -0.4 is 14.4 Å². The van der Waals surface area contributed by atoms with E-state index in [0.29, 0.717) is 23.3 Å². The first-order valence-electron chi connectivity index (χ1n) is 17.2. The highest BCUT2D eigenvalue weighted by Crippen LogP contribution is 2.34. The number of fused-ring (bicyclic) bond motifs is 4. The Morgan fingerprint density at radius 3 is 2.43 bits per heavy atom. The zero-order chi connectivity index (χ0) is 34.1. The number of ether oxygens (including phenoxy) is 1. The molecule has 7 rings (SSSR count). The van der Waals surface area contributed by atoms with Gasteiger partial charge in [0.25, 0.3) is 15.9 Å². The largest absolute Gasteiger partial charge is 0.475 e. The van der Waals surface area contributed by atoms with Gasteiger partial charge in [0, 0.05) is 30.3 Å². The summed E-state index contributed by atoms with van der Waals surface area (Å²) in [6.07, 6.45) is 12.2. The van der Waals surface area contributed by atoms with Crippen LogP contribution >= 0.6 is 0 Å². The number of carbonyl (C=O) groups is 1. The minimum Gasteiger partial charge on any atom is -0.475 e. The summed E-state index contributed by atoms with van der Waals surface area (Å²) >= 11 is 0. The Bertz CT molecular complexity index is 1940. The molecule has 0 unspecified atom stereocenters. The molecule has 0 saturated heterocycles. The second-order valence-corrected chi connectivity index (χ2v) is 15.3. The van der Waals surface area contributed by atoms with Crippen LogP contribution in [0.25, 0.3) is 11.3 Å². The average Bonchev–Trinajstić information content (AvgIpc) is 3.57. The molecule has 0 spiro atoms. The molecule has 2 aromatic carbocycles. The maximum absolute atomic E-state index is 14.6. The lowest BCUT2D eigenvalue weighted by Crippen LogP contribution is -2.44. The van der Waals surface area contributed by atoms with E-state index in [0.717, 1.165) is 67.5 Å². The van der Waals surface area contributed by atoms with E-state index >= 15 is 0 Å². The monoisotopic (exact) mass is 681 g/mol. The van der Waals surface area contributed by atoms with Gasteiger partial charge in [-0.1, -0.05) is 49.9 Å². The molecule has 2 aromatic heterocycles. The maximum atomic E-state index is 14.6. The molecule has 12 heteroatoms. The van der Waals surface area contributed by atoms with Crippen molar-refractivity contribution in [1.82, 2.24) is 24.8 Å². The molecular weight excluding hydrogens is 639 g/mol. The van der Waals surface area contributed by atoms with Gasteiger partial charge < -0.3 is 14.5 Å². The fourth-order valence-corrected chi connectivity index (χ4v) is 8.26. The highest BCUT2D eigenvalue weighted by Gasteiger charge is 2.32. The molecule has 49 heavy (non-hydrogen) atoms. The molecule has 11 nitrogen and oxygen atoms in total. The number of nitrogens with zero attached hydrogens (tertiary/aromatic N) is 6. The predicted octanol–water partition coefficient (Wildman–Crippen LogP) is 6.32. The van der Waals surface area contributed by atoms with Crippen LogP contribution in [0.4, 0.5) is 11.8 Å². The van der Waals surface area contributed by atoms with Crippen molar-refractivity contribution in [2.24, 2.45) is 5.92 Å². The fraction of sp³-hybridized carbons (Fsp3) is 0.432. The molecule has 2 aliphatic carbocycles. The average molecular weight is 682 g/mol. The van der Waals surface area contributed by atoms with Gasteiger partial charge in [-0.15, -0.1) is 0 Å². The lowest BCUT2D eigenvalue weighted by Gasteiger charge is -2.36. The smallest absolute Gasteiger partial charge is 0.264 e. The molecule has 3 heterocycles. The SMILES string of the molecule is Cc1cccc(C)c1-c1cc2nc(n1)NS(=O)(=O)c1cccc(c1)C(=O)N(Cc1cncc(N(C)C3CCC3)n1)[C@H](CC1CCCC1)CO2. The van der Waals surface area contributed by atoms with Gasteiger partial charge in [0.1, 0.15) is 12.4 Å². The van der Waals surface area contributed by atoms with E-state index in [4.69, 9.17) is 9.72 Å². The second kappa shape index (κ2) is 13.7. The van der Waals surface area contributed by atoms with Crippen molar-refractivity contribution in [1.29, 1.82) is 0 Å². The van der Waals surface area contributed by atoms with Gasteiger partial charge in [-0.3, -0.25) is 9.78 Å². The number of carbonyl (C=O) groups excluding carboxylic acids is 1. The zero-order valence-corrected chi connectivity index (χ0v) is 29.1. The van der Waals surface area contributed by atoms with Crippen LogP contribution in [-0.2, 0) is 16.6 Å². The van der Waals surface area contributed by atoms with Gasteiger partial charge in [0.2, 0.25) is 11.8 Å². The standard InChI is InChI=1S/C37H43N7O4S/c1-24-9-6-10-25(2)35(24)32-19-34-41-37(40-32)42-49(46,47)31-16-7-13-27(18-31)36(45)44(30(23-48-34)17-26-11-4-5-12-26)22-28-20-38-21-33(39-28)43(3)29-14-8-15-29/h6-7,9-10,13,16,18-21,26,29-30H,4-5,8,11-12,14-15,17,22-23H2,1-3H3,(H,40,41,42)/t30-/m1/s1. The molecule has 4 aromatic rings. The van der Waals surface area contributed by atoms with Gasteiger partial charge >= 0.3 is 0 Å². The van der Waals surface area contributed by atoms with Crippen LogP contribution in [0, 0.1) is 19.8 Å². The zero-order valence-electron chi connectivity index (χ0n) is 28.3. The number of aromatic nitrogens is 4. The summed E-state index contributed by atoms with van der Waals surface area (Å²) in [6, 6.07) is 13.9. The Morgan fingerprint density at radius 2 is 1.69 bits per heavy atom. The molecule has 3 aliphatic rings. The van der Waals surface area contributed by atoms with E-state index < -0.39 is 10.0 Å². The van der Waals surface area contributed by atoms with Crippen LogP contribution in [0.15, 0.2) is 65.8 Å². The number of benzene rings is 2. The summed E-state index contributed by atoms with van der Waals surface area (Å²) in [7, 11) is -2.12. The van der Waals surface area contributed by atoms with Crippen LogP contribution in [0.1, 0.15) is 78.5 Å². The van der Waals surface area contributed by atoms with Gasteiger partial charge in [0.15, 0.2) is 0 Å². The summed E-state index contributed by atoms with van der Waals surface area (Å²) < 4.78 is 36.5. The first-order valence-corrected chi connectivity index (χ1v) is 18.7. The van der Waals surface area contributed by atoms with Crippen LogP contribution in [0.2, 0.25) is 0 Å². The number of amides is 1. The van der Waals surface area contributed by atoms with Crippen LogP contribution in [0.3, 0.4) is 0 Å². The third-order valence-corrected chi connectivity index (χ3v) is 11.6. The van der Waals surface area contributed by atoms with Crippen molar-refractivity contribution in [3.8, 4) is 17.1 Å². The predicted molar refractivity (Wildman–Crippen MR) is 188 cm³/mol. The molecular formula is C37H43N7O4S. The maximum Gasteiger partial charge on any atom is 0.264 e. The van der Waals surface area contributed by atoms with E-state index in [1.54, 1.807) is 35.5 Å². The van der Waals surface area contributed by atoms with Crippen molar-refractivity contribution < 1.29 is 17.9 Å². The van der Waals surface area contributed by atoms with E-state index in [1.807, 2.05) is 39.1 Å². The van der Waals surface area contributed by atoms with Crippen molar-refractivity contribution in [3.05, 3.63) is 83.3 Å². The molecule has 1 aliphatic heterocycles. The van der Waals surface area contributed by atoms with E-state index in [2.05, 4.69) is 24.6 Å². The molecule has 1 atom stereocenters. The summed E-state index contributed by atoms with van der Waals surface area (Å²) in [5.74, 6) is 1.04. The molecule has 2 fully saturated rings. The van der Waals surface area contributed by atoms with Crippen molar-refractivity contribution >= 4 is 27.7 Å². The summed E-state index contributed by atoms with van der Waals surface area (Å²) in [5.41, 5.74) is 4.33. The molecule has 2 saturated carbocycles. The quantitative estimate of drug-likeness (QED) is 0.238. The Hall–Kier alpha value is -4.58. The van der Waals surface area contributed by atoms with Crippen LogP contribution in [0.5, 0.6) is 5.88 Å². The number of nitrogens with one attached hydrogen (secondary N) is 1. The number of aryl methyl sites for hydroxylation is 2. The first-order chi connectivity index (χ1) is 23.6. The van der Waals surface area contributed by atoms with Crippen molar-refractivity contribution in [3.63, 3.8) is 0 Å². The summed E-state index contributed by atoms with van der Waals surface area (Å²) in [5, 5.41) is 0. The Balaban J connectivity index is 1.32. The number of anilines is 2. The van der Waals surface area contributed by atoms with Gasteiger partial charge in [0.05, 0.1) is 41.3 Å². The third kappa shape index (κ3) is 7.10. The third-order valence-electron chi connectivity index (χ3n) is 10.3. The van der Waals surface area contributed by atoms with Gasteiger partial charge in [-0.05, 0) is 74.8 Å². The highest BCUT2D eigenvalue weighted by atomic mass is 32.2. The summed E-state index contributed by atoms with van der Waals surface area (Å²) in [6.45, 7) is 4.33. The Kier molecular flexibility index (Phi) is 9.23. The molecule has 4 bridgehead atoms. The minimum absolute atomic E-state index is 0.0580. The summed E-state index contributed by atoms with van der Waals surface area (Å²) in [4.78, 5) is 37.1. The Labute approximate surface area is 288 Å². The van der Waals surface area contributed by atoms with Crippen LogP contribution in [-0.4, -0.2) is 64.9 Å². The minimum atomic E-state index is -4.16.